The van der Waals surface area contributed by atoms with Crippen LogP contribution in [-0.4, -0.2) is 30.4 Å². The Morgan fingerprint density at radius 3 is 1.83 bits per heavy atom. The number of rotatable bonds is 6. The van der Waals surface area contributed by atoms with Gasteiger partial charge in [0.15, 0.2) is 5.43 Å². The third-order valence-electron chi connectivity index (χ3n) is 6.98. The van der Waals surface area contributed by atoms with E-state index in [1.807, 2.05) is 45.9 Å². The van der Waals surface area contributed by atoms with Gasteiger partial charge in [-0.1, -0.05) is 42.5 Å². The summed E-state index contributed by atoms with van der Waals surface area (Å²) in [5.74, 6) is -0.932. The molecule has 5 aromatic rings. The Kier molecular flexibility index (Phi) is 8.02. The van der Waals surface area contributed by atoms with Crippen molar-refractivity contribution in [1.29, 1.82) is 10.5 Å². The Morgan fingerprint density at radius 2 is 1.39 bits per heavy atom. The van der Waals surface area contributed by atoms with E-state index in [1.165, 1.54) is 6.33 Å². The van der Waals surface area contributed by atoms with E-state index in [9.17, 15) is 20.1 Å². The van der Waals surface area contributed by atoms with Crippen molar-refractivity contribution in [3.8, 4) is 12.1 Å². The molecule has 0 spiro atoms. The van der Waals surface area contributed by atoms with Crippen molar-refractivity contribution in [2.24, 2.45) is 0 Å². The van der Waals surface area contributed by atoms with Gasteiger partial charge in [0.2, 0.25) is 0 Å². The fourth-order valence-electron chi connectivity index (χ4n) is 4.52. The van der Waals surface area contributed by atoms with Gasteiger partial charge >= 0.3 is 5.97 Å². The molecule has 0 radical (unpaired) electrons. The van der Waals surface area contributed by atoms with E-state index in [1.54, 1.807) is 64.1 Å². The van der Waals surface area contributed by atoms with E-state index in [0.717, 1.165) is 16.7 Å². The predicted octanol–water partition coefficient (Wildman–Crippen LogP) is 5.17. The van der Waals surface area contributed by atoms with Crippen molar-refractivity contribution in [1.82, 2.24) is 19.3 Å². The molecule has 5 rings (SSSR count). The zero-order chi connectivity index (χ0) is 29.8. The molecule has 0 saturated carbocycles. The summed E-state index contributed by atoms with van der Waals surface area (Å²) in [5, 5.41) is 33.1. The smallest absolute Gasteiger partial charge is 0.323 e. The zero-order valence-electron chi connectivity index (χ0n) is 23.4. The zero-order valence-corrected chi connectivity index (χ0v) is 23.4. The van der Waals surface area contributed by atoms with Crippen LogP contribution in [0, 0.1) is 22.7 Å². The Balaban J connectivity index is 0.000000191. The minimum atomic E-state index is -0.932. The van der Waals surface area contributed by atoms with Crippen LogP contribution < -0.4 is 5.43 Å². The van der Waals surface area contributed by atoms with Gasteiger partial charge in [0.25, 0.3) is 0 Å². The molecular formula is C32H30N6O3. The highest BCUT2D eigenvalue weighted by atomic mass is 16.4. The Hall–Kier alpha value is -5.28. The van der Waals surface area contributed by atoms with Crippen molar-refractivity contribution in [2.45, 2.75) is 51.6 Å². The number of para-hydroxylation sites is 2. The maximum absolute atomic E-state index is 12.4. The van der Waals surface area contributed by atoms with Crippen LogP contribution in [0.15, 0.2) is 84.2 Å². The molecule has 2 aromatic heterocycles. The third-order valence-corrected chi connectivity index (χ3v) is 6.98. The lowest BCUT2D eigenvalue weighted by molar-refractivity contribution is -0.137. The van der Waals surface area contributed by atoms with Crippen LogP contribution in [0.1, 0.15) is 44.4 Å². The van der Waals surface area contributed by atoms with E-state index in [2.05, 4.69) is 22.2 Å². The molecule has 0 atom stereocenters. The standard InChI is InChI=1S/C17H19N5.C15H11NO3/c1-16(2,9-18)14-5-13(8-22-12-20-11-21-22)6-15(7-14)17(3,4)10-19;17-14(18)9-16-12-7-3-1-5-10(12)15(19)11-6-2-4-8-13(11)16/h5-7,11-12H,8H2,1-4H3;1-8H,9H2,(H,17,18). The minimum absolute atomic E-state index is 0.0622. The lowest BCUT2D eigenvalue weighted by Gasteiger charge is -2.23. The summed E-state index contributed by atoms with van der Waals surface area (Å²) in [5.41, 5.74) is 2.83. The van der Waals surface area contributed by atoms with E-state index >= 15 is 0 Å². The molecule has 41 heavy (non-hydrogen) atoms. The monoisotopic (exact) mass is 546 g/mol. The molecule has 206 valence electrons. The summed E-state index contributed by atoms with van der Waals surface area (Å²) in [4.78, 5) is 27.3. The maximum Gasteiger partial charge on any atom is 0.323 e. The first-order chi connectivity index (χ1) is 19.5. The molecule has 9 heteroatoms. The lowest BCUT2D eigenvalue weighted by atomic mass is 9.79. The van der Waals surface area contributed by atoms with E-state index < -0.39 is 16.8 Å². The van der Waals surface area contributed by atoms with Crippen LogP contribution >= 0.6 is 0 Å². The van der Waals surface area contributed by atoms with E-state index in [-0.39, 0.29) is 12.0 Å². The first-order valence-corrected chi connectivity index (χ1v) is 13.0. The number of nitrogens with zero attached hydrogens (tertiary/aromatic N) is 6. The largest absolute Gasteiger partial charge is 0.480 e. The van der Waals surface area contributed by atoms with Crippen LogP contribution in [0.3, 0.4) is 0 Å². The molecule has 0 bridgehead atoms. The summed E-state index contributed by atoms with van der Waals surface area (Å²) in [7, 11) is 0. The third kappa shape index (κ3) is 6.15. The minimum Gasteiger partial charge on any atom is -0.480 e. The quantitative estimate of drug-likeness (QED) is 0.290. The summed E-state index contributed by atoms with van der Waals surface area (Å²) < 4.78 is 3.38. The number of benzene rings is 3. The second kappa shape index (κ2) is 11.4. The van der Waals surface area contributed by atoms with Crippen molar-refractivity contribution in [3.63, 3.8) is 0 Å². The maximum atomic E-state index is 12.4. The van der Waals surface area contributed by atoms with Crippen LogP contribution in [-0.2, 0) is 28.7 Å². The molecule has 0 fully saturated rings. The predicted molar refractivity (Wildman–Crippen MR) is 156 cm³/mol. The number of hydrogen-bond donors (Lipinski definition) is 1. The number of nitriles is 2. The normalized spacial score (nSPS) is 11.4. The lowest BCUT2D eigenvalue weighted by Crippen LogP contribution is -2.20. The van der Waals surface area contributed by atoms with Crippen molar-refractivity contribution in [3.05, 3.63) is 106 Å². The number of carboxylic acids is 1. The number of pyridine rings is 1. The van der Waals surface area contributed by atoms with Crippen LogP contribution in [0.4, 0.5) is 0 Å². The van der Waals surface area contributed by atoms with Crippen LogP contribution in [0.2, 0.25) is 0 Å². The first-order valence-electron chi connectivity index (χ1n) is 13.0. The Labute approximate surface area is 237 Å². The summed E-state index contributed by atoms with van der Waals surface area (Å²) >= 11 is 0. The fraction of sp³-hybridized carbons (Fsp3) is 0.250. The molecule has 0 unspecified atom stereocenters. The average molecular weight is 547 g/mol. The number of aromatic nitrogens is 4. The van der Waals surface area contributed by atoms with Gasteiger partial charge in [-0.25, -0.2) is 9.67 Å². The number of aliphatic carboxylic acids is 1. The van der Waals surface area contributed by atoms with Gasteiger partial charge in [-0.15, -0.1) is 0 Å². The number of carbonyl (C=O) groups is 1. The van der Waals surface area contributed by atoms with Gasteiger partial charge in [0.05, 0.1) is 40.5 Å². The van der Waals surface area contributed by atoms with Gasteiger partial charge in [-0.05, 0) is 68.7 Å². The van der Waals surface area contributed by atoms with Gasteiger partial charge in [-0.2, -0.15) is 15.6 Å². The molecule has 3 aromatic carbocycles. The second-order valence-corrected chi connectivity index (χ2v) is 10.8. The van der Waals surface area contributed by atoms with Gasteiger partial charge in [0.1, 0.15) is 19.2 Å². The average Bonchev–Trinajstić information content (AvgIpc) is 3.48. The number of hydrogen-bond acceptors (Lipinski definition) is 6. The molecule has 1 N–H and O–H groups in total. The summed E-state index contributed by atoms with van der Waals surface area (Å²) in [6.07, 6.45) is 3.14. The van der Waals surface area contributed by atoms with Crippen molar-refractivity contribution < 1.29 is 9.90 Å². The SMILES string of the molecule is CC(C)(C#N)c1cc(Cn2cncn2)cc(C(C)(C)C#N)c1.O=C(O)Cn1c2ccccc2c(=O)c2ccccc21. The van der Waals surface area contributed by atoms with Crippen LogP contribution in [0.25, 0.3) is 21.8 Å². The van der Waals surface area contributed by atoms with Gasteiger partial charge in [0, 0.05) is 10.8 Å². The van der Waals surface area contributed by atoms with E-state index in [4.69, 9.17) is 5.11 Å². The summed E-state index contributed by atoms with van der Waals surface area (Å²) in [6.45, 7) is 7.91. The molecule has 0 amide bonds. The Bertz CT molecular complexity index is 1770. The fourth-order valence-corrected chi connectivity index (χ4v) is 4.52. The number of fused-ring (bicyclic) bond motifs is 2. The second-order valence-electron chi connectivity index (χ2n) is 10.8. The molecule has 0 saturated heterocycles. The molecule has 9 nitrogen and oxygen atoms in total. The van der Waals surface area contributed by atoms with E-state index in [0.29, 0.717) is 28.4 Å². The Morgan fingerprint density at radius 1 is 0.878 bits per heavy atom. The van der Waals surface area contributed by atoms with Crippen LogP contribution in [0.5, 0.6) is 0 Å². The highest BCUT2D eigenvalue weighted by Gasteiger charge is 2.26. The highest BCUT2D eigenvalue weighted by Crippen LogP contribution is 2.30. The van der Waals surface area contributed by atoms with Crippen molar-refractivity contribution in [2.75, 3.05) is 0 Å². The van der Waals surface area contributed by atoms with Gasteiger partial charge in [-0.3, -0.25) is 9.59 Å². The topological polar surface area (TPSA) is 138 Å². The van der Waals surface area contributed by atoms with Crippen molar-refractivity contribution >= 4 is 27.8 Å². The molecular weight excluding hydrogens is 516 g/mol. The molecule has 2 heterocycles. The summed E-state index contributed by atoms with van der Waals surface area (Å²) in [6, 6.07) is 24.8. The van der Waals surface area contributed by atoms with Gasteiger partial charge < -0.3 is 9.67 Å². The number of carboxylic acid groups (broad SMARTS) is 1. The highest BCUT2D eigenvalue weighted by molar-refractivity contribution is 5.94. The molecule has 0 aliphatic rings. The molecule has 0 aliphatic carbocycles. The molecule has 0 aliphatic heterocycles. The first kappa shape index (κ1) is 28.7.